The van der Waals surface area contributed by atoms with Crippen LogP contribution < -0.4 is 0 Å². The number of aliphatic hydroxyl groups excluding tert-OH is 1. The lowest BCUT2D eigenvalue weighted by molar-refractivity contribution is -0.136. The highest BCUT2D eigenvalue weighted by Crippen LogP contribution is 2.39. The lowest BCUT2D eigenvalue weighted by atomic mass is 9.91. The van der Waals surface area contributed by atoms with Gasteiger partial charge in [-0.1, -0.05) is 39.8 Å². The number of methoxy groups -OCH3 is 1. The minimum atomic E-state index is -1.97. The van der Waals surface area contributed by atoms with Crippen molar-refractivity contribution in [3.8, 4) is 0 Å². The molecule has 3 atom stereocenters. The summed E-state index contributed by atoms with van der Waals surface area (Å²) in [6.07, 6.45) is 3.46. The van der Waals surface area contributed by atoms with Gasteiger partial charge in [-0.2, -0.15) is 0 Å². The van der Waals surface area contributed by atoms with Crippen molar-refractivity contribution in [2.24, 2.45) is 5.92 Å². The Morgan fingerprint density at radius 1 is 1.24 bits per heavy atom. The predicted octanol–water partition coefficient (Wildman–Crippen LogP) is 4.85. The maximum absolute atomic E-state index is 11.5. The standard InChI is InChI=1S/C20H38O4Si/c1-11-14(2)18(24-25(9,10)20(5,6)7)16(4)17(21)13-12-15(3)19(22)23-8/h11-12,16-18,21H,13H2,1-10H3/b14-11+,15-12+/t16-,17+,18+/m1/s1. The first-order valence-electron chi connectivity index (χ1n) is 9.02. The fraction of sp³-hybridized carbons (Fsp3) is 0.750. The third-order valence-electron chi connectivity index (χ3n) is 5.39. The van der Waals surface area contributed by atoms with Crippen molar-refractivity contribution in [2.75, 3.05) is 7.11 Å². The molecule has 1 N–H and O–H groups in total. The van der Waals surface area contributed by atoms with E-state index >= 15 is 0 Å². The number of hydrogen-bond acceptors (Lipinski definition) is 4. The Kier molecular flexibility index (Phi) is 9.34. The minimum absolute atomic E-state index is 0.0768. The highest BCUT2D eigenvalue weighted by Gasteiger charge is 2.41. The lowest BCUT2D eigenvalue weighted by Crippen LogP contribution is -2.47. The first-order valence-corrected chi connectivity index (χ1v) is 11.9. The van der Waals surface area contributed by atoms with Crippen LogP contribution in [0, 0.1) is 5.92 Å². The Hall–Kier alpha value is -0.913. The molecular weight excluding hydrogens is 332 g/mol. The molecule has 0 aliphatic carbocycles. The zero-order valence-corrected chi connectivity index (χ0v) is 18.8. The van der Waals surface area contributed by atoms with Crippen LogP contribution in [0.15, 0.2) is 23.3 Å². The number of allylic oxidation sites excluding steroid dienone is 1. The quantitative estimate of drug-likeness (QED) is 0.287. The molecule has 0 aliphatic rings. The van der Waals surface area contributed by atoms with E-state index in [2.05, 4.69) is 46.9 Å². The maximum Gasteiger partial charge on any atom is 0.333 e. The monoisotopic (exact) mass is 370 g/mol. The van der Waals surface area contributed by atoms with Gasteiger partial charge >= 0.3 is 5.97 Å². The molecule has 25 heavy (non-hydrogen) atoms. The lowest BCUT2D eigenvalue weighted by Gasteiger charge is -2.42. The summed E-state index contributed by atoms with van der Waals surface area (Å²) in [5, 5.41) is 10.7. The van der Waals surface area contributed by atoms with Crippen LogP contribution in [0.3, 0.4) is 0 Å². The molecule has 5 heteroatoms. The molecule has 0 amide bonds. The third kappa shape index (κ3) is 7.08. The number of rotatable bonds is 8. The summed E-state index contributed by atoms with van der Waals surface area (Å²) < 4.78 is 11.3. The van der Waals surface area contributed by atoms with Crippen LogP contribution in [-0.4, -0.2) is 38.7 Å². The van der Waals surface area contributed by atoms with Gasteiger partial charge in [0, 0.05) is 11.5 Å². The van der Waals surface area contributed by atoms with Gasteiger partial charge in [0.2, 0.25) is 0 Å². The van der Waals surface area contributed by atoms with E-state index in [-0.39, 0.29) is 23.0 Å². The summed E-state index contributed by atoms with van der Waals surface area (Å²) >= 11 is 0. The number of aliphatic hydroxyl groups is 1. The molecule has 0 aromatic carbocycles. The molecule has 0 fully saturated rings. The Bertz CT molecular complexity index is 500. The van der Waals surface area contributed by atoms with Crippen molar-refractivity contribution in [3.63, 3.8) is 0 Å². The van der Waals surface area contributed by atoms with Crippen molar-refractivity contribution in [1.82, 2.24) is 0 Å². The summed E-state index contributed by atoms with van der Waals surface area (Å²) in [4.78, 5) is 11.5. The SMILES string of the molecule is C/C=C(\C)[C@H](O[Si](C)(C)C(C)(C)C)[C@H](C)[C@@H](O)C/C=C(\C)C(=O)OC. The molecule has 0 saturated heterocycles. The second kappa shape index (κ2) is 9.69. The average molecular weight is 371 g/mol. The van der Waals surface area contributed by atoms with E-state index < -0.39 is 14.4 Å². The third-order valence-corrected chi connectivity index (χ3v) is 9.84. The highest BCUT2D eigenvalue weighted by molar-refractivity contribution is 6.74. The van der Waals surface area contributed by atoms with E-state index in [9.17, 15) is 9.90 Å². The van der Waals surface area contributed by atoms with Gasteiger partial charge in [-0.15, -0.1) is 0 Å². The van der Waals surface area contributed by atoms with E-state index in [1.165, 1.54) is 7.11 Å². The molecule has 0 rings (SSSR count). The van der Waals surface area contributed by atoms with E-state index in [1.807, 2.05) is 13.8 Å². The molecule has 0 spiro atoms. The summed E-state index contributed by atoms with van der Waals surface area (Å²) in [7, 11) is -0.607. The van der Waals surface area contributed by atoms with Crippen molar-refractivity contribution in [2.45, 2.75) is 85.2 Å². The first-order chi connectivity index (χ1) is 11.3. The van der Waals surface area contributed by atoms with Crippen LogP contribution in [0.2, 0.25) is 18.1 Å². The average Bonchev–Trinajstić information content (AvgIpc) is 2.53. The normalized spacial score (nSPS) is 17.9. The van der Waals surface area contributed by atoms with Gasteiger partial charge in [0.15, 0.2) is 8.32 Å². The first kappa shape index (κ1) is 24.1. The fourth-order valence-electron chi connectivity index (χ4n) is 2.23. The number of esters is 1. The van der Waals surface area contributed by atoms with Crippen molar-refractivity contribution in [1.29, 1.82) is 0 Å². The molecular formula is C20H38O4Si. The Morgan fingerprint density at radius 3 is 2.16 bits per heavy atom. The Balaban J connectivity index is 5.32. The van der Waals surface area contributed by atoms with Gasteiger partial charge in [0.05, 0.1) is 19.3 Å². The summed E-state index contributed by atoms with van der Waals surface area (Å²) in [6.45, 7) is 18.8. The molecule has 0 aliphatic heterocycles. The Morgan fingerprint density at radius 2 is 1.76 bits per heavy atom. The van der Waals surface area contributed by atoms with E-state index in [4.69, 9.17) is 9.16 Å². The second-order valence-corrected chi connectivity index (χ2v) is 13.1. The topological polar surface area (TPSA) is 55.8 Å². The van der Waals surface area contributed by atoms with Gasteiger partial charge < -0.3 is 14.3 Å². The number of carbonyl (C=O) groups is 1. The number of hydrogen-bond donors (Lipinski definition) is 1. The van der Waals surface area contributed by atoms with E-state index in [0.29, 0.717) is 12.0 Å². The minimum Gasteiger partial charge on any atom is -0.466 e. The molecule has 146 valence electrons. The maximum atomic E-state index is 11.5. The van der Waals surface area contributed by atoms with Gasteiger partial charge in [0.1, 0.15) is 0 Å². The molecule has 0 bridgehead atoms. The molecule has 0 aromatic rings. The van der Waals surface area contributed by atoms with Crippen LogP contribution >= 0.6 is 0 Å². The largest absolute Gasteiger partial charge is 0.466 e. The van der Waals surface area contributed by atoms with Crippen LogP contribution in [0.5, 0.6) is 0 Å². The summed E-state index contributed by atoms with van der Waals surface area (Å²) in [5.41, 5.74) is 1.64. The highest BCUT2D eigenvalue weighted by atomic mass is 28.4. The van der Waals surface area contributed by atoms with Crippen LogP contribution in [0.4, 0.5) is 0 Å². The molecule has 0 aromatic heterocycles. The molecule has 0 unspecified atom stereocenters. The molecule has 0 radical (unpaired) electrons. The van der Waals surface area contributed by atoms with Crippen LogP contribution in [0.1, 0.15) is 54.9 Å². The fourth-order valence-corrected chi connectivity index (χ4v) is 3.62. The smallest absolute Gasteiger partial charge is 0.333 e. The Labute approximate surface area is 155 Å². The van der Waals surface area contributed by atoms with Gasteiger partial charge in [-0.25, -0.2) is 4.79 Å². The zero-order chi connectivity index (χ0) is 20.0. The predicted molar refractivity (Wildman–Crippen MR) is 107 cm³/mol. The van der Waals surface area contributed by atoms with Crippen LogP contribution in [-0.2, 0) is 14.0 Å². The van der Waals surface area contributed by atoms with Crippen LogP contribution in [0.25, 0.3) is 0 Å². The zero-order valence-electron chi connectivity index (χ0n) is 17.8. The van der Waals surface area contributed by atoms with Crippen molar-refractivity contribution >= 4 is 14.3 Å². The summed E-state index contributed by atoms with van der Waals surface area (Å²) in [6, 6.07) is 0. The van der Waals surface area contributed by atoms with Crippen molar-refractivity contribution in [3.05, 3.63) is 23.3 Å². The second-order valence-electron chi connectivity index (χ2n) is 8.37. The van der Waals surface area contributed by atoms with Gasteiger partial charge in [0.25, 0.3) is 0 Å². The molecule has 0 saturated carbocycles. The van der Waals surface area contributed by atoms with Gasteiger partial charge in [-0.05, 0) is 50.9 Å². The number of carbonyl (C=O) groups excluding carboxylic acids is 1. The van der Waals surface area contributed by atoms with Crippen molar-refractivity contribution < 1.29 is 19.1 Å². The number of ether oxygens (including phenoxy) is 1. The van der Waals surface area contributed by atoms with E-state index in [1.54, 1.807) is 13.0 Å². The summed E-state index contributed by atoms with van der Waals surface area (Å²) in [5.74, 6) is -0.439. The molecule has 0 heterocycles. The molecule has 4 nitrogen and oxygen atoms in total. The van der Waals surface area contributed by atoms with E-state index in [0.717, 1.165) is 5.57 Å². The van der Waals surface area contributed by atoms with Gasteiger partial charge in [-0.3, -0.25) is 0 Å².